The minimum absolute atomic E-state index is 0.288. The van der Waals surface area contributed by atoms with Gasteiger partial charge in [-0.1, -0.05) is 136 Å². The highest BCUT2D eigenvalue weighted by Crippen LogP contribution is 2.32. The molecule has 0 aliphatic heterocycles. The second-order valence-corrected chi connectivity index (χ2v) is 12.0. The molecule has 0 spiro atoms. The third kappa shape index (κ3) is 8.74. The van der Waals surface area contributed by atoms with E-state index in [2.05, 4.69) is 97.7 Å². The van der Waals surface area contributed by atoms with E-state index < -0.39 is 0 Å². The fourth-order valence-electron chi connectivity index (χ4n) is 6.08. The molecule has 0 radical (unpaired) electrons. The number of nitrogens with zero attached hydrogens (tertiary/aromatic N) is 2. The van der Waals surface area contributed by atoms with Crippen molar-refractivity contribution in [2.24, 2.45) is 5.92 Å². The van der Waals surface area contributed by atoms with E-state index in [0.717, 1.165) is 54.5 Å². The quantitative estimate of drug-likeness (QED) is 0.122. The zero-order valence-corrected chi connectivity index (χ0v) is 27.3. The van der Waals surface area contributed by atoms with Crippen molar-refractivity contribution in [3.05, 3.63) is 157 Å². The number of hydrogen-bond acceptors (Lipinski definition) is 4. The lowest BCUT2D eigenvalue weighted by Crippen LogP contribution is -2.09. The predicted octanol–water partition coefficient (Wildman–Crippen LogP) is 11.9. The molecule has 1 aromatic heterocycles. The standard InChI is InChI=1S/C43H42N2O2/c1-3-32(20-21-33(4-2)34-14-8-5-9-15-34)30-39-31-42(46-40-26-22-37(23-27-40)35-16-10-6-11-17-35)45-43(44-39)47-41-28-24-38(25-29-41)36-18-12-7-13-19-36/h5-19,22-29,31-33H,3-4,20-21,30H2,1-2H3. The number of ether oxygens (including phenoxy) is 2. The van der Waals surface area contributed by atoms with Crippen LogP contribution >= 0.6 is 0 Å². The maximum absolute atomic E-state index is 6.32. The van der Waals surface area contributed by atoms with Crippen molar-refractivity contribution in [2.45, 2.75) is 51.9 Å². The molecule has 236 valence electrons. The van der Waals surface area contributed by atoms with Crippen LogP contribution in [0.3, 0.4) is 0 Å². The Hall–Kier alpha value is -5.22. The summed E-state index contributed by atoms with van der Waals surface area (Å²) in [7, 11) is 0. The van der Waals surface area contributed by atoms with Gasteiger partial charge in [-0.15, -0.1) is 0 Å². The maximum atomic E-state index is 6.32. The van der Waals surface area contributed by atoms with Crippen LogP contribution in [0.1, 0.15) is 56.7 Å². The molecular formula is C43H42N2O2. The first-order chi connectivity index (χ1) is 23.2. The molecule has 1 heterocycles. The van der Waals surface area contributed by atoms with Gasteiger partial charge in [-0.05, 0) is 89.6 Å². The van der Waals surface area contributed by atoms with Crippen molar-refractivity contribution in [1.29, 1.82) is 0 Å². The van der Waals surface area contributed by atoms with E-state index in [9.17, 15) is 0 Å². The monoisotopic (exact) mass is 618 g/mol. The van der Waals surface area contributed by atoms with Gasteiger partial charge in [0.2, 0.25) is 5.88 Å². The fourth-order valence-corrected chi connectivity index (χ4v) is 6.08. The number of hydrogen-bond donors (Lipinski definition) is 0. The van der Waals surface area contributed by atoms with E-state index in [1.165, 1.54) is 11.1 Å². The molecule has 6 rings (SSSR count). The second kappa shape index (κ2) is 15.9. The van der Waals surface area contributed by atoms with Crippen LogP contribution in [0.25, 0.3) is 22.3 Å². The molecular weight excluding hydrogens is 576 g/mol. The van der Waals surface area contributed by atoms with Crippen LogP contribution < -0.4 is 9.47 Å². The maximum Gasteiger partial charge on any atom is 0.325 e. The lowest BCUT2D eigenvalue weighted by molar-refractivity contribution is 0.394. The van der Waals surface area contributed by atoms with E-state index in [1.54, 1.807) is 0 Å². The highest BCUT2D eigenvalue weighted by Gasteiger charge is 2.17. The average Bonchev–Trinajstić information content (AvgIpc) is 3.13. The molecule has 5 aromatic carbocycles. The lowest BCUT2D eigenvalue weighted by atomic mass is 9.86. The average molecular weight is 619 g/mol. The van der Waals surface area contributed by atoms with E-state index in [4.69, 9.17) is 14.5 Å². The van der Waals surface area contributed by atoms with Gasteiger partial charge >= 0.3 is 6.01 Å². The van der Waals surface area contributed by atoms with Crippen LogP contribution in [0.2, 0.25) is 0 Å². The molecule has 0 bridgehead atoms. The second-order valence-electron chi connectivity index (χ2n) is 12.0. The molecule has 4 heteroatoms. The Bertz CT molecular complexity index is 1700. The molecule has 2 atom stereocenters. The lowest BCUT2D eigenvalue weighted by Gasteiger charge is -2.20. The minimum Gasteiger partial charge on any atom is -0.439 e. The largest absolute Gasteiger partial charge is 0.439 e. The fraction of sp³-hybridized carbons (Fsp3) is 0.209. The van der Waals surface area contributed by atoms with Crippen molar-refractivity contribution < 1.29 is 9.47 Å². The summed E-state index contributed by atoms with van der Waals surface area (Å²) in [6.45, 7) is 4.56. The molecule has 6 aromatic rings. The summed E-state index contributed by atoms with van der Waals surface area (Å²) in [6.07, 6.45) is 5.32. The molecule has 2 unspecified atom stereocenters. The zero-order valence-electron chi connectivity index (χ0n) is 27.3. The topological polar surface area (TPSA) is 44.2 Å². The summed E-state index contributed by atoms with van der Waals surface area (Å²) < 4.78 is 12.6. The van der Waals surface area contributed by atoms with Crippen LogP contribution in [0.15, 0.2) is 146 Å². The van der Waals surface area contributed by atoms with Gasteiger partial charge in [0.05, 0.1) is 5.69 Å². The molecule has 0 aliphatic rings. The summed E-state index contributed by atoms with van der Waals surface area (Å²) in [4.78, 5) is 9.57. The Kier molecular flexibility index (Phi) is 10.7. The van der Waals surface area contributed by atoms with Gasteiger partial charge in [-0.3, -0.25) is 0 Å². The van der Waals surface area contributed by atoms with Gasteiger partial charge in [-0.25, -0.2) is 0 Å². The van der Waals surface area contributed by atoms with Crippen molar-refractivity contribution in [1.82, 2.24) is 9.97 Å². The Morgan fingerprint density at radius 1 is 0.511 bits per heavy atom. The predicted molar refractivity (Wildman–Crippen MR) is 192 cm³/mol. The summed E-state index contributed by atoms with van der Waals surface area (Å²) in [5.41, 5.74) is 6.94. The van der Waals surface area contributed by atoms with Crippen molar-refractivity contribution in [2.75, 3.05) is 0 Å². The zero-order chi connectivity index (χ0) is 32.3. The van der Waals surface area contributed by atoms with Gasteiger partial charge in [0.15, 0.2) is 0 Å². The molecule has 4 nitrogen and oxygen atoms in total. The summed E-state index contributed by atoms with van der Waals surface area (Å²) in [5, 5.41) is 0. The SMILES string of the molecule is CCC(CCC(CC)c1ccccc1)Cc1cc(Oc2ccc(-c3ccccc3)cc2)nc(Oc2ccc(-c3ccccc3)cc2)n1. The van der Waals surface area contributed by atoms with E-state index in [-0.39, 0.29) is 6.01 Å². The number of benzene rings is 5. The van der Waals surface area contributed by atoms with Crippen LogP contribution in [0, 0.1) is 5.92 Å². The minimum atomic E-state index is 0.288. The molecule has 0 saturated heterocycles. The molecule has 0 aliphatic carbocycles. The summed E-state index contributed by atoms with van der Waals surface area (Å²) in [5.74, 6) is 2.92. The van der Waals surface area contributed by atoms with Crippen molar-refractivity contribution >= 4 is 0 Å². The first kappa shape index (κ1) is 31.7. The van der Waals surface area contributed by atoms with Crippen LogP contribution in [-0.2, 0) is 6.42 Å². The van der Waals surface area contributed by atoms with Gasteiger partial charge in [-0.2, -0.15) is 9.97 Å². The first-order valence-corrected chi connectivity index (χ1v) is 16.8. The molecule has 47 heavy (non-hydrogen) atoms. The smallest absolute Gasteiger partial charge is 0.325 e. The Labute approximate surface area is 279 Å². The molecule has 0 amide bonds. The molecule has 0 saturated carbocycles. The third-order valence-corrected chi connectivity index (χ3v) is 8.85. The van der Waals surface area contributed by atoms with Crippen LogP contribution in [0.5, 0.6) is 23.4 Å². The first-order valence-electron chi connectivity index (χ1n) is 16.8. The highest BCUT2D eigenvalue weighted by molar-refractivity contribution is 5.65. The summed E-state index contributed by atoms with van der Waals surface area (Å²) >= 11 is 0. The van der Waals surface area contributed by atoms with Crippen LogP contribution in [0.4, 0.5) is 0 Å². The van der Waals surface area contributed by atoms with Crippen LogP contribution in [-0.4, -0.2) is 9.97 Å². The highest BCUT2D eigenvalue weighted by atomic mass is 16.5. The molecule has 0 N–H and O–H groups in total. The van der Waals surface area contributed by atoms with Crippen molar-refractivity contribution in [3.8, 4) is 45.6 Å². The number of aromatic nitrogens is 2. The van der Waals surface area contributed by atoms with E-state index in [0.29, 0.717) is 29.2 Å². The normalized spacial score (nSPS) is 12.3. The van der Waals surface area contributed by atoms with E-state index >= 15 is 0 Å². The van der Waals surface area contributed by atoms with Gasteiger partial charge in [0.25, 0.3) is 0 Å². The van der Waals surface area contributed by atoms with E-state index in [1.807, 2.05) is 66.7 Å². The van der Waals surface area contributed by atoms with Gasteiger partial charge in [0.1, 0.15) is 11.5 Å². The Balaban J connectivity index is 1.21. The Morgan fingerprint density at radius 3 is 1.55 bits per heavy atom. The molecule has 0 fully saturated rings. The Morgan fingerprint density at radius 2 is 1.02 bits per heavy atom. The third-order valence-electron chi connectivity index (χ3n) is 8.85. The summed E-state index contributed by atoms with van der Waals surface area (Å²) in [6, 6.07) is 50.0. The van der Waals surface area contributed by atoms with Gasteiger partial charge in [0, 0.05) is 6.07 Å². The van der Waals surface area contributed by atoms with Gasteiger partial charge < -0.3 is 9.47 Å². The van der Waals surface area contributed by atoms with Crippen molar-refractivity contribution in [3.63, 3.8) is 0 Å². The number of rotatable bonds is 14.